The number of alkyl halides is 3. The Labute approximate surface area is 111 Å². The lowest BCUT2D eigenvalue weighted by Crippen LogP contribution is -2.31. The van der Waals surface area contributed by atoms with Gasteiger partial charge >= 0.3 is 12.3 Å². The van der Waals surface area contributed by atoms with Gasteiger partial charge in [0.25, 0.3) is 0 Å². The van der Waals surface area contributed by atoms with Crippen LogP contribution < -0.4 is 10.6 Å². The lowest BCUT2D eigenvalue weighted by molar-refractivity contribution is -0.135. The summed E-state index contributed by atoms with van der Waals surface area (Å²) >= 11 is 0. The van der Waals surface area contributed by atoms with Gasteiger partial charge in [-0.3, -0.25) is 10.1 Å². The molecule has 1 heterocycles. The van der Waals surface area contributed by atoms with Crippen LogP contribution in [0.25, 0.3) is 0 Å². The fraction of sp³-hybridized carbons (Fsp3) is 0.556. The van der Waals surface area contributed by atoms with E-state index in [-0.39, 0.29) is 12.4 Å². The van der Waals surface area contributed by atoms with E-state index in [1.54, 1.807) is 0 Å². The Bertz CT molecular complexity index is 474. The largest absolute Gasteiger partial charge is 0.453 e. The van der Waals surface area contributed by atoms with Crippen molar-refractivity contribution >= 4 is 17.8 Å². The van der Waals surface area contributed by atoms with Crippen LogP contribution in [-0.2, 0) is 16.1 Å². The van der Waals surface area contributed by atoms with Gasteiger partial charge in [-0.1, -0.05) is 5.21 Å². The smallest absolute Gasteiger partial charge is 0.412 e. The number of amides is 2. The van der Waals surface area contributed by atoms with Gasteiger partial charge in [0.2, 0.25) is 5.91 Å². The maximum atomic E-state index is 11.9. The van der Waals surface area contributed by atoms with E-state index in [0.29, 0.717) is 0 Å². The molecule has 0 saturated heterocycles. The Morgan fingerprint density at radius 1 is 1.45 bits per heavy atom. The molecule has 1 aromatic rings. The number of ether oxygens (including phenoxy) is 1. The average Bonchev–Trinajstić information content (AvgIpc) is 2.74. The van der Waals surface area contributed by atoms with E-state index >= 15 is 0 Å². The first-order valence-electron chi connectivity index (χ1n) is 5.38. The molecule has 0 aromatic carbocycles. The molecule has 0 aliphatic carbocycles. The molecule has 11 heteroatoms. The molecule has 0 aliphatic rings. The number of anilines is 1. The molecular weight excluding hydrogens is 283 g/mol. The van der Waals surface area contributed by atoms with E-state index < -0.39 is 31.1 Å². The topological polar surface area (TPSA) is 98.1 Å². The Morgan fingerprint density at radius 3 is 2.75 bits per heavy atom. The number of aromatic nitrogens is 3. The number of halogens is 3. The van der Waals surface area contributed by atoms with Gasteiger partial charge in [-0.15, -0.1) is 5.10 Å². The molecule has 112 valence electrons. The normalized spacial score (nSPS) is 11.0. The van der Waals surface area contributed by atoms with E-state index in [4.69, 9.17) is 0 Å². The summed E-state index contributed by atoms with van der Waals surface area (Å²) in [7, 11) is 1.16. The summed E-state index contributed by atoms with van der Waals surface area (Å²) in [5.41, 5.74) is 0. The van der Waals surface area contributed by atoms with Gasteiger partial charge in [0.15, 0.2) is 5.82 Å². The monoisotopic (exact) mass is 295 g/mol. The average molecular weight is 295 g/mol. The SMILES string of the molecule is COC(=O)Nc1cn(CC(=O)NCCC(F)(F)F)nn1. The lowest BCUT2D eigenvalue weighted by atomic mass is 10.4. The Balaban J connectivity index is 2.37. The van der Waals surface area contributed by atoms with Crippen molar-refractivity contribution in [2.75, 3.05) is 19.0 Å². The van der Waals surface area contributed by atoms with Crippen LogP contribution in [0, 0.1) is 0 Å². The van der Waals surface area contributed by atoms with Crippen molar-refractivity contribution in [1.29, 1.82) is 0 Å². The molecule has 2 N–H and O–H groups in total. The van der Waals surface area contributed by atoms with Crippen LogP contribution in [0.15, 0.2) is 6.20 Å². The molecule has 2 amide bonds. The molecule has 0 fully saturated rings. The van der Waals surface area contributed by atoms with Crippen molar-refractivity contribution in [2.45, 2.75) is 19.1 Å². The molecule has 20 heavy (non-hydrogen) atoms. The summed E-state index contributed by atoms with van der Waals surface area (Å²) in [6.07, 6.45) is -4.95. The minimum atomic E-state index is -4.32. The van der Waals surface area contributed by atoms with Crippen LogP contribution >= 0.6 is 0 Å². The van der Waals surface area contributed by atoms with Crippen molar-refractivity contribution < 1.29 is 27.5 Å². The van der Waals surface area contributed by atoms with Gasteiger partial charge in [0.05, 0.1) is 19.7 Å². The third kappa shape index (κ3) is 6.02. The molecule has 0 atom stereocenters. The van der Waals surface area contributed by atoms with Crippen LogP contribution in [0.1, 0.15) is 6.42 Å². The second-order valence-corrected chi connectivity index (χ2v) is 3.63. The highest BCUT2D eigenvalue weighted by Crippen LogP contribution is 2.18. The van der Waals surface area contributed by atoms with Gasteiger partial charge in [0.1, 0.15) is 6.54 Å². The van der Waals surface area contributed by atoms with Crippen molar-refractivity contribution in [1.82, 2.24) is 20.3 Å². The van der Waals surface area contributed by atoms with Crippen LogP contribution in [0.3, 0.4) is 0 Å². The number of carbonyl (C=O) groups is 2. The Morgan fingerprint density at radius 2 is 2.15 bits per heavy atom. The van der Waals surface area contributed by atoms with Gasteiger partial charge in [-0.05, 0) is 0 Å². The van der Waals surface area contributed by atoms with Gasteiger partial charge in [0, 0.05) is 6.54 Å². The first kappa shape index (κ1) is 15.7. The molecule has 0 radical (unpaired) electrons. The highest BCUT2D eigenvalue weighted by Gasteiger charge is 2.26. The standard InChI is InChI=1S/C9H12F3N5O3/c1-20-8(19)14-6-4-17(16-15-6)5-7(18)13-3-2-9(10,11)12/h4H,2-3,5H2,1H3,(H,13,18)(H,14,19). The first-order valence-corrected chi connectivity index (χ1v) is 5.38. The molecule has 0 bridgehead atoms. The summed E-state index contributed by atoms with van der Waals surface area (Å²) in [5, 5.41) is 11.3. The summed E-state index contributed by atoms with van der Waals surface area (Å²) < 4.78 is 41.0. The molecule has 0 saturated carbocycles. The quantitative estimate of drug-likeness (QED) is 0.825. The zero-order valence-corrected chi connectivity index (χ0v) is 10.4. The van der Waals surface area contributed by atoms with E-state index in [0.717, 1.165) is 11.8 Å². The van der Waals surface area contributed by atoms with Crippen molar-refractivity contribution in [3.8, 4) is 0 Å². The molecule has 0 spiro atoms. The number of carbonyl (C=O) groups excluding carboxylic acids is 2. The Kier molecular flexibility index (Phi) is 5.29. The van der Waals surface area contributed by atoms with Crippen LogP contribution in [0.2, 0.25) is 0 Å². The van der Waals surface area contributed by atoms with Crippen LogP contribution in [0.4, 0.5) is 23.8 Å². The third-order valence-corrected chi connectivity index (χ3v) is 1.99. The van der Waals surface area contributed by atoms with E-state index in [9.17, 15) is 22.8 Å². The maximum Gasteiger partial charge on any atom is 0.412 e. The second-order valence-electron chi connectivity index (χ2n) is 3.63. The third-order valence-electron chi connectivity index (χ3n) is 1.99. The fourth-order valence-electron chi connectivity index (χ4n) is 1.14. The van der Waals surface area contributed by atoms with E-state index in [1.165, 1.54) is 6.20 Å². The van der Waals surface area contributed by atoms with E-state index in [1.807, 2.05) is 0 Å². The molecule has 1 aromatic heterocycles. The van der Waals surface area contributed by atoms with Crippen LogP contribution in [0.5, 0.6) is 0 Å². The molecule has 1 rings (SSSR count). The highest BCUT2D eigenvalue weighted by atomic mass is 19.4. The van der Waals surface area contributed by atoms with Crippen molar-refractivity contribution in [2.24, 2.45) is 0 Å². The zero-order valence-electron chi connectivity index (χ0n) is 10.4. The number of hydrogen-bond acceptors (Lipinski definition) is 5. The zero-order chi connectivity index (χ0) is 15.2. The fourth-order valence-corrected chi connectivity index (χ4v) is 1.14. The molecule has 8 nitrogen and oxygen atoms in total. The first-order chi connectivity index (χ1) is 9.30. The highest BCUT2D eigenvalue weighted by molar-refractivity contribution is 5.82. The number of nitrogens with zero attached hydrogens (tertiary/aromatic N) is 3. The summed E-state index contributed by atoms with van der Waals surface area (Å²) in [6.45, 7) is -0.821. The van der Waals surface area contributed by atoms with Crippen molar-refractivity contribution in [3.63, 3.8) is 0 Å². The minimum Gasteiger partial charge on any atom is -0.453 e. The molecule has 0 unspecified atom stereocenters. The Hall–Kier alpha value is -2.33. The molecular formula is C9H12F3N5O3. The van der Waals surface area contributed by atoms with Crippen molar-refractivity contribution in [3.05, 3.63) is 6.20 Å². The lowest BCUT2D eigenvalue weighted by Gasteiger charge is -2.07. The molecule has 0 aliphatic heterocycles. The van der Waals surface area contributed by atoms with Crippen LogP contribution in [-0.4, -0.2) is 46.8 Å². The van der Waals surface area contributed by atoms with Gasteiger partial charge in [-0.2, -0.15) is 13.2 Å². The predicted molar refractivity (Wildman–Crippen MR) is 59.7 cm³/mol. The predicted octanol–water partition coefficient (Wildman–Crippen LogP) is 0.525. The summed E-state index contributed by atoms with van der Waals surface area (Å²) in [4.78, 5) is 22.2. The van der Waals surface area contributed by atoms with Gasteiger partial charge < -0.3 is 10.1 Å². The summed E-state index contributed by atoms with van der Waals surface area (Å²) in [5.74, 6) is -0.594. The van der Waals surface area contributed by atoms with E-state index in [2.05, 4.69) is 25.7 Å². The number of nitrogens with one attached hydrogen (secondary N) is 2. The number of methoxy groups -OCH3 is 1. The number of hydrogen-bond donors (Lipinski definition) is 2. The second kappa shape index (κ2) is 6.73. The summed E-state index contributed by atoms with van der Waals surface area (Å²) in [6, 6.07) is 0. The van der Waals surface area contributed by atoms with Gasteiger partial charge in [-0.25, -0.2) is 9.48 Å². The maximum absolute atomic E-state index is 11.9. The minimum absolute atomic E-state index is 0.0555. The number of rotatable bonds is 5.